The van der Waals surface area contributed by atoms with Crippen molar-refractivity contribution in [2.45, 2.75) is 6.92 Å². The first-order valence-corrected chi connectivity index (χ1v) is 5.63. The van der Waals surface area contributed by atoms with Crippen molar-refractivity contribution in [1.29, 1.82) is 0 Å². The van der Waals surface area contributed by atoms with Gasteiger partial charge in [0.1, 0.15) is 0 Å². The van der Waals surface area contributed by atoms with E-state index < -0.39 is 11.6 Å². The molecule has 18 heavy (non-hydrogen) atoms. The Labute approximate surface area is 108 Å². The fourth-order valence-corrected chi connectivity index (χ4v) is 1.90. The Kier molecular flexibility index (Phi) is 3.43. The predicted octanol–water partition coefficient (Wildman–Crippen LogP) is 4.16. The number of carbonyl (C=O) groups excluding carboxylic acids is 1. The molecule has 4 heteroatoms. The van der Waals surface area contributed by atoms with E-state index in [0.29, 0.717) is 16.1 Å². The van der Waals surface area contributed by atoms with E-state index in [2.05, 4.69) is 0 Å². The van der Waals surface area contributed by atoms with Gasteiger partial charge < -0.3 is 0 Å². The molecule has 0 heterocycles. The molecule has 0 saturated carbocycles. The standard InChI is InChI=1S/C14H9ClF2O/c1-8-6-10(15)3-4-11(8)14(18)9-2-5-12(16)13(17)7-9/h2-7H,1H3. The fraction of sp³-hybridized carbons (Fsp3) is 0.0714. The van der Waals surface area contributed by atoms with Gasteiger partial charge in [-0.15, -0.1) is 0 Å². The summed E-state index contributed by atoms with van der Waals surface area (Å²) in [5.41, 5.74) is 1.22. The molecule has 0 N–H and O–H groups in total. The normalized spacial score (nSPS) is 10.4. The lowest BCUT2D eigenvalue weighted by atomic mass is 9.99. The second-order valence-corrected chi connectivity index (χ2v) is 4.35. The van der Waals surface area contributed by atoms with Gasteiger partial charge in [-0.05, 0) is 48.9 Å². The summed E-state index contributed by atoms with van der Waals surface area (Å²) in [6.45, 7) is 1.74. The first-order valence-electron chi connectivity index (χ1n) is 5.25. The predicted molar refractivity (Wildman–Crippen MR) is 66.0 cm³/mol. The molecule has 2 aromatic rings. The molecule has 0 bridgehead atoms. The maximum Gasteiger partial charge on any atom is 0.193 e. The van der Waals surface area contributed by atoms with E-state index in [-0.39, 0.29) is 11.3 Å². The number of halogens is 3. The lowest BCUT2D eigenvalue weighted by molar-refractivity contribution is 0.103. The minimum absolute atomic E-state index is 0.110. The molecule has 0 fully saturated rings. The summed E-state index contributed by atoms with van der Waals surface area (Å²) in [6.07, 6.45) is 0. The number of rotatable bonds is 2. The highest BCUT2D eigenvalue weighted by Gasteiger charge is 2.14. The third-order valence-corrected chi connectivity index (χ3v) is 2.85. The lowest BCUT2D eigenvalue weighted by Gasteiger charge is -2.06. The Morgan fingerprint density at radius 2 is 1.78 bits per heavy atom. The van der Waals surface area contributed by atoms with Crippen LogP contribution >= 0.6 is 11.6 Å². The molecular weight excluding hydrogens is 258 g/mol. The maximum atomic E-state index is 13.1. The van der Waals surface area contributed by atoms with E-state index in [1.807, 2.05) is 0 Å². The zero-order valence-electron chi connectivity index (χ0n) is 9.51. The molecule has 0 radical (unpaired) electrons. The number of ketones is 1. The zero-order chi connectivity index (χ0) is 13.3. The van der Waals surface area contributed by atoms with Crippen LogP contribution in [0.25, 0.3) is 0 Å². The summed E-state index contributed by atoms with van der Waals surface area (Å²) in [5.74, 6) is -2.37. The summed E-state index contributed by atoms with van der Waals surface area (Å²) >= 11 is 5.79. The summed E-state index contributed by atoms with van der Waals surface area (Å²) in [6, 6.07) is 7.89. The Balaban J connectivity index is 2.44. The topological polar surface area (TPSA) is 17.1 Å². The average Bonchev–Trinajstić information content (AvgIpc) is 2.32. The molecule has 2 aromatic carbocycles. The molecule has 0 saturated heterocycles. The quantitative estimate of drug-likeness (QED) is 0.746. The molecule has 0 atom stereocenters. The van der Waals surface area contributed by atoms with Gasteiger partial charge in [0.05, 0.1) is 0 Å². The minimum atomic E-state index is -1.03. The molecule has 2 rings (SSSR count). The van der Waals surface area contributed by atoms with Crippen LogP contribution in [-0.4, -0.2) is 5.78 Å². The second-order valence-electron chi connectivity index (χ2n) is 3.92. The number of hydrogen-bond donors (Lipinski definition) is 0. The first kappa shape index (κ1) is 12.7. The van der Waals surface area contributed by atoms with Crippen molar-refractivity contribution in [3.05, 3.63) is 69.7 Å². The van der Waals surface area contributed by atoms with Crippen LogP contribution in [0.15, 0.2) is 36.4 Å². The van der Waals surface area contributed by atoms with Crippen molar-refractivity contribution >= 4 is 17.4 Å². The van der Waals surface area contributed by atoms with E-state index in [9.17, 15) is 13.6 Å². The van der Waals surface area contributed by atoms with Crippen molar-refractivity contribution in [3.63, 3.8) is 0 Å². The lowest BCUT2D eigenvalue weighted by Crippen LogP contribution is -2.04. The maximum absolute atomic E-state index is 13.1. The van der Waals surface area contributed by atoms with E-state index in [1.54, 1.807) is 25.1 Å². The molecule has 1 nitrogen and oxygen atoms in total. The van der Waals surface area contributed by atoms with E-state index in [0.717, 1.165) is 12.1 Å². The molecule has 0 aliphatic rings. The van der Waals surface area contributed by atoms with Crippen molar-refractivity contribution in [1.82, 2.24) is 0 Å². The highest BCUT2D eigenvalue weighted by molar-refractivity contribution is 6.30. The number of carbonyl (C=O) groups is 1. The number of hydrogen-bond acceptors (Lipinski definition) is 1. The van der Waals surface area contributed by atoms with Gasteiger partial charge in [-0.1, -0.05) is 11.6 Å². The summed E-state index contributed by atoms with van der Waals surface area (Å²) < 4.78 is 25.9. The fourth-order valence-electron chi connectivity index (χ4n) is 1.67. The van der Waals surface area contributed by atoms with E-state index in [1.165, 1.54) is 6.07 Å². The van der Waals surface area contributed by atoms with Gasteiger partial charge in [0.25, 0.3) is 0 Å². The summed E-state index contributed by atoms with van der Waals surface area (Å²) in [7, 11) is 0. The first-order chi connectivity index (χ1) is 8.49. The number of benzene rings is 2. The molecule has 0 spiro atoms. The SMILES string of the molecule is Cc1cc(Cl)ccc1C(=O)c1ccc(F)c(F)c1. The number of aryl methyl sites for hydroxylation is 1. The molecular formula is C14H9ClF2O. The van der Waals surface area contributed by atoms with Crippen LogP contribution in [0.3, 0.4) is 0 Å². The van der Waals surface area contributed by atoms with Gasteiger partial charge in [-0.2, -0.15) is 0 Å². The van der Waals surface area contributed by atoms with Crippen LogP contribution in [0.2, 0.25) is 5.02 Å². The summed E-state index contributed by atoms with van der Waals surface area (Å²) in [4.78, 5) is 12.1. The Morgan fingerprint density at radius 1 is 1.06 bits per heavy atom. The molecule has 0 aromatic heterocycles. The van der Waals surface area contributed by atoms with Gasteiger partial charge in [-0.25, -0.2) is 8.78 Å². The van der Waals surface area contributed by atoms with Crippen molar-refractivity contribution in [2.24, 2.45) is 0 Å². The average molecular weight is 267 g/mol. The van der Waals surface area contributed by atoms with Crippen molar-refractivity contribution in [3.8, 4) is 0 Å². The van der Waals surface area contributed by atoms with Gasteiger partial charge in [-0.3, -0.25) is 4.79 Å². The van der Waals surface area contributed by atoms with Crippen LogP contribution < -0.4 is 0 Å². The molecule has 0 aliphatic heterocycles. The molecule has 0 amide bonds. The van der Waals surface area contributed by atoms with E-state index >= 15 is 0 Å². The minimum Gasteiger partial charge on any atom is -0.289 e. The van der Waals surface area contributed by atoms with Crippen LogP contribution in [0, 0.1) is 18.6 Å². The second kappa shape index (κ2) is 4.86. The Hall–Kier alpha value is -1.74. The van der Waals surface area contributed by atoms with E-state index in [4.69, 9.17) is 11.6 Å². The third-order valence-electron chi connectivity index (χ3n) is 2.61. The van der Waals surface area contributed by atoms with Crippen molar-refractivity contribution in [2.75, 3.05) is 0 Å². The zero-order valence-corrected chi connectivity index (χ0v) is 10.3. The van der Waals surface area contributed by atoms with Gasteiger partial charge in [0.2, 0.25) is 0 Å². The molecule has 0 aliphatic carbocycles. The van der Waals surface area contributed by atoms with Crippen LogP contribution in [0.1, 0.15) is 21.5 Å². The highest BCUT2D eigenvalue weighted by Crippen LogP contribution is 2.19. The molecule has 0 unspecified atom stereocenters. The van der Waals surface area contributed by atoms with Gasteiger partial charge in [0.15, 0.2) is 17.4 Å². The monoisotopic (exact) mass is 266 g/mol. The Bertz CT molecular complexity index is 623. The highest BCUT2D eigenvalue weighted by atomic mass is 35.5. The van der Waals surface area contributed by atoms with Crippen LogP contribution in [-0.2, 0) is 0 Å². The summed E-state index contributed by atoms with van der Waals surface area (Å²) in [5, 5.41) is 0.523. The van der Waals surface area contributed by atoms with Crippen molar-refractivity contribution < 1.29 is 13.6 Å². The third kappa shape index (κ3) is 2.41. The Morgan fingerprint density at radius 3 is 2.39 bits per heavy atom. The largest absolute Gasteiger partial charge is 0.289 e. The van der Waals surface area contributed by atoms with Crippen LogP contribution in [0.4, 0.5) is 8.78 Å². The van der Waals surface area contributed by atoms with Gasteiger partial charge >= 0.3 is 0 Å². The van der Waals surface area contributed by atoms with Gasteiger partial charge in [0, 0.05) is 16.1 Å². The van der Waals surface area contributed by atoms with Crippen LogP contribution in [0.5, 0.6) is 0 Å². The molecule has 92 valence electrons. The smallest absolute Gasteiger partial charge is 0.193 e.